The number of carbonyl (C=O) groups excluding carboxylic acids is 2. The Morgan fingerprint density at radius 2 is 1.52 bits per heavy atom. The molecule has 1 aliphatic rings. The summed E-state index contributed by atoms with van der Waals surface area (Å²) in [6.07, 6.45) is 5.09. The van der Waals surface area contributed by atoms with E-state index in [2.05, 4.69) is 5.32 Å². The molecule has 1 N–H and O–H groups in total. The van der Waals surface area contributed by atoms with Crippen LogP contribution in [0.1, 0.15) is 44.6 Å². The molecule has 0 bridgehead atoms. The Bertz CT molecular complexity index is 1440. The van der Waals surface area contributed by atoms with Gasteiger partial charge in [0.2, 0.25) is 11.8 Å². The van der Waals surface area contributed by atoms with Gasteiger partial charge in [-0.2, -0.15) is 0 Å². The largest absolute Gasteiger partial charge is 0.497 e. The maximum Gasteiger partial charge on any atom is 0.264 e. The van der Waals surface area contributed by atoms with E-state index in [0.29, 0.717) is 11.5 Å². The van der Waals surface area contributed by atoms with E-state index in [9.17, 15) is 18.0 Å². The fourth-order valence-corrected chi connectivity index (χ4v) is 6.58. The first-order valence-electron chi connectivity index (χ1n) is 14.2. The number of ether oxygens (including phenoxy) is 2. The standard InChI is InChI=1S/C32H39N3O6S/c1-24(32(37)33-26-14-8-5-9-15-26)34(22-25-12-6-4-7-13-25)31(36)23-35(29-16-10-11-17-30(29)41-3)42(38,39)28-20-18-27(40-2)19-21-28/h4,6-7,10-13,16-21,24,26H,5,8-9,14-15,22-23H2,1-3H3,(H,33,37)/t24-/m0/s1. The zero-order valence-electron chi connectivity index (χ0n) is 24.4. The number of hydrogen-bond acceptors (Lipinski definition) is 6. The Morgan fingerprint density at radius 1 is 0.881 bits per heavy atom. The lowest BCUT2D eigenvalue weighted by molar-refractivity contribution is -0.139. The van der Waals surface area contributed by atoms with Crippen molar-refractivity contribution in [1.82, 2.24) is 10.2 Å². The Balaban J connectivity index is 1.69. The number of methoxy groups -OCH3 is 2. The lowest BCUT2D eigenvalue weighted by Crippen LogP contribution is -2.53. The quantitative estimate of drug-likeness (QED) is 0.325. The molecule has 0 aromatic heterocycles. The van der Waals surface area contributed by atoms with Crippen molar-refractivity contribution in [2.24, 2.45) is 0 Å². The Kier molecular flexibility index (Phi) is 10.5. The summed E-state index contributed by atoms with van der Waals surface area (Å²) in [5.74, 6) is 0.0157. The predicted octanol–water partition coefficient (Wildman–Crippen LogP) is 4.77. The van der Waals surface area contributed by atoms with Crippen LogP contribution in [0.2, 0.25) is 0 Å². The van der Waals surface area contributed by atoms with Crippen molar-refractivity contribution in [3.05, 3.63) is 84.4 Å². The first-order chi connectivity index (χ1) is 20.2. The van der Waals surface area contributed by atoms with Crippen molar-refractivity contribution in [1.29, 1.82) is 0 Å². The van der Waals surface area contributed by atoms with Crippen molar-refractivity contribution in [3.8, 4) is 11.5 Å². The van der Waals surface area contributed by atoms with Gasteiger partial charge in [0.15, 0.2) is 0 Å². The van der Waals surface area contributed by atoms with Crippen molar-refractivity contribution in [3.63, 3.8) is 0 Å². The molecule has 0 spiro atoms. The van der Waals surface area contributed by atoms with E-state index in [-0.39, 0.29) is 29.1 Å². The average Bonchev–Trinajstić information content (AvgIpc) is 3.03. The van der Waals surface area contributed by atoms with Crippen molar-refractivity contribution in [2.75, 3.05) is 25.1 Å². The number of carbonyl (C=O) groups is 2. The first kappa shape index (κ1) is 30.9. The third-order valence-electron chi connectivity index (χ3n) is 7.59. The zero-order valence-corrected chi connectivity index (χ0v) is 25.2. The minimum Gasteiger partial charge on any atom is -0.497 e. The van der Waals surface area contributed by atoms with Gasteiger partial charge in [0.25, 0.3) is 10.0 Å². The number of nitrogens with one attached hydrogen (secondary N) is 1. The SMILES string of the molecule is COc1ccc(S(=O)(=O)N(CC(=O)N(Cc2ccccc2)[C@@H](C)C(=O)NC2CCCCC2)c2ccccc2OC)cc1. The number of rotatable bonds is 12. The molecule has 9 nitrogen and oxygen atoms in total. The molecule has 1 fully saturated rings. The number of nitrogens with zero attached hydrogens (tertiary/aromatic N) is 2. The number of anilines is 1. The second-order valence-electron chi connectivity index (χ2n) is 10.4. The normalized spacial score (nSPS) is 14.5. The van der Waals surface area contributed by atoms with Crippen LogP contribution in [-0.2, 0) is 26.2 Å². The van der Waals surface area contributed by atoms with Crippen LogP contribution in [0, 0.1) is 0 Å². The van der Waals surface area contributed by atoms with Crippen LogP contribution in [0.3, 0.4) is 0 Å². The Labute approximate surface area is 248 Å². The summed E-state index contributed by atoms with van der Waals surface area (Å²) in [6.45, 7) is 1.29. The lowest BCUT2D eigenvalue weighted by atomic mass is 9.95. The number of benzene rings is 3. The van der Waals surface area contributed by atoms with Crippen LogP contribution in [0.4, 0.5) is 5.69 Å². The zero-order chi connectivity index (χ0) is 30.1. The van der Waals surface area contributed by atoms with E-state index < -0.39 is 28.5 Å². The molecule has 0 heterocycles. The molecule has 0 unspecified atom stereocenters. The highest BCUT2D eigenvalue weighted by Crippen LogP contribution is 2.33. The molecule has 42 heavy (non-hydrogen) atoms. The number of amides is 2. The van der Waals surface area contributed by atoms with E-state index in [4.69, 9.17) is 9.47 Å². The lowest BCUT2D eigenvalue weighted by Gasteiger charge is -2.33. The molecule has 1 atom stereocenters. The Morgan fingerprint density at radius 3 is 2.17 bits per heavy atom. The van der Waals surface area contributed by atoms with Crippen LogP contribution in [0.25, 0.3) is 0 Å². The molecule has 4 rings (SSSR count). The average molecular weight is 594 g/mol. The van der Waals surface area contributed by atoms with Gasteiger partial charge in [-0.3, -0.25) is 13.9 Å². The summed E-state index contributed by atoms with van der Waals surface area (Å²) in [5, 5.41) is 3.11. The highest BCUT2D eigenvalue weighted by atomic mass is 32.2. The first-order valence-corrected chi connectivity index (χ1v) is 15.6. The van der Waals surface area contributed by atoms with Crippen LogP contribution in [-0.4, -0.2) is 58.0 Å². The van der Waals surface area contributed by atoms with Crippen molar-refractivity contribution < 1.29 is 27.5 Å². The molecule has 0 saturated heterocycles. The van der Waals surface area contributed by atoms with Gasteiger partial charge in [0.1, 0.15) is 24.1 Å². The molecular weight excluding hydrogens is 554 g/mol. The van der Waals surface area contributed by atoms with Crippen LogP contribution in [0.5, 0.6) is 11.5 Å². The fourth-order valence-electron chi connectivity index (χ4n) is 5.16. The number of sulfonamides is 1. The summed E-state index contributed by atoms with van der Waals surface area (Å²) in [4.78, 5) is 29.0. The van der Waals surface area contributed by atoms with Crippen LogP contribution < -0.4 is 19.1 Å². The summed E-state index contributed by atoms with van der Waals surface area (Å²) >= 11 is 0. The minimum absolute atomic E-state index is 0.0142. The van der Waals surface area contributed by atoms with Gasteiger partial charge in [0.05, 0.1) is 24.8 Å². The number of para-hydroxylation sites is 2. The minimum atomic E-state index is -4.23. The van der Waals surface area contributed by atoms with E-state index >= 15 is 0 Å². The summed E-state index contributed by atoms with van der Waals surface area (Å²) in [6, 6.07) is 21.2. The fraction of sp³-hybridized carbons (Fsp3) is 0.375. The molecule has 1 aliphatic carbocycles. The summed E-state index contributed by atoms with van der Waals surface area (Å²) in [7, 11) is -1.29. The molecule has 0 aliphatic heterocycles. The molecule has 3 aromatic carbocycles. The summed E-state index contributed by atoms with van der Waals surface area (Å²) in [5.41, 5.74) is 1.04. The van der Waals surface area contributed by atoms with Crippen molar-refractivity contribution in [2.45, 2.75) is 62.6 Å². The maximum atomic E-state index is 14.1. The van der Waals surface area contributed by atoms with Gasteiger partial charge in [-0.25, -0.2) is 8.42 Å². The third kappa shape index (κ3) is 7.42. The number of hydrogen-bond donors (Lipinski definition) is 1. The second-order valence-corrected chi connectivity index (χ2v) is 12.2. The van der Waals surface area contributed by atoms with E-state index in [1.807, 2.05) is 30.3 Å². The summed E-state index contributed by atoms with van der Waals surface area (Å²) < 4.78 is 39.8. The van der Waals surface area contributed by atoms with E-state index in [1.165, 1.54) is 31.3 Å². The molecule has 0 radical (unpaired) electrons. The van der Waals surface area contributed by atoms with Gasteiger partial charge < -0.3 is 19.7 Å². The smallest absolute Gasteiger partial charge is 0.264 e. The molecule has 1 saturated carbocycles. The van der Waals surface area contributed by atoms with Gasteiger partial charge in [0, 0.05) is 12.6 Å². The highest BCUT2D eigenvalue weighted by molar-refractivity contribution is 7.92. The molecular formula is C32H39N3O6S. The van der Waals surface area contributed by atoms with Gasteiger partial charge in [-0.15, -0.1) is 0 Å². The maximum absolute atomic E-state index is 14.1. The molecule has 2 amide bonds. The van der Waals surface area contributed by atoms with Gasteiger partial charge in [-0.1, -0.05) is 61.7 Å². The van der Waals surface area contributed by atoms with Gasteiger partial charge >= 0.3 is 0 Å². The predicted molar refractivity (Wildman–Crippen MR) is 162 cm³/mol. The highest BCUT2D eigenvalue weighted by Gasteiger charge is 2.34. The topological polar surface area (TPSA) is 105 Å². The van der Waals surface area contributed by atoms with Gasteiger partial charge in [-0.05, 0) is 61.7 Å². The Hall–Kier alpha value is -4.05. The van der Waals surface area contributed by atoms with Crippen molar-refractivity contribution >= 4 is 27.5 Å². The molecule has 3 aromatic rings. The van der Waals surface area contributed by atoms with E-state index in [0.717, 1.165) is 42.0 Å². The second kappa shape index (κ2) is 14.2. The van der Waals surface area contributed by atoms with Crippen LogP contribution in [0.15, 0.2) is 83.8 Å². The monoisotopic (exact) mass is 593 g/mol. The molecule has 10 heteroatoms. The van der Waals surface area contributed by atoms with E-state index in [1.54, 1.807) is 43.3 Å². The van der Waals surface area contributed by atoms with Crippen LogP contribution >= 0.6 is 0 Å². The molecule has 224 valence electrons. The third-order valence-corrected chi connectivity index (χ3v) is 9.37.